The van der Waals surface area contributed by atoms with Crippen molar-refractivity contribution in [1.82, 2.24) is 8.97 Å². The van der Waals surface area contributed by atoms with Gasteiger partial charge in [-0.2, -0.15) is 0 Å². The monoisotopic (exact) mass is 376 g/mol. The number of aromatic carboxylic acids is 1. The highest BCUT2D eigenvalue weighted by Crippen LogP contribution is 2.18. The quantitative estimate of drug-likeness (QED) is 0.687. The van der Waals surface area contributed by atoms with Gasteiger partial charge in [0.05, 0.1) is 0 Å². The number of aryl methyl sites for hydroxylation is 1. The van der Waals surface area contributed by atoms with Crippen LogP contribution in [0.25, 0.3) is 4.83 Å². The van der Waals surface area contributed by atoms with E-state index in [0.29, 0.717) is 0 Å². The van der Waals surface area contributed by atoms with Crippen LogP contribution >= 0.6 is 11.3 Å². The zero-order valence-electron chi connectivity index (χ0n) is 13.6. The first-order chi connectivity index (χ1) is 12.3. The summed E-state index contributed by atoms with van der Waals surface area (Å²) in [5.41, 5.74) is -0.760. The van der Waals surface area contributed by atoms with Gasteiger partial charge in [-0.05, 0) is 31.2 Å². The van der Waals surface area contributed by atoms with Crippen molar-refractivity contribution in [2.24, 2.45) is 0 Å². The first-order valence-electron chi connectivity index (χ1n) is 7.57. The number of halogens is 1. The minimum atomic E-state index is -1.19. The second-order valence-corrected chi connectivity index (χ2v) is 6.65. The van der Waals surface area contributed by atoms with E-state index in [1.165, 1.54) is 19.1 Å². The molecule has 0 saturated carbocycles. The molecule has 0 unspecified atom stereocenters. The van der Waals surface area contributed by atoms with Crippen LogP contribution in [0.4, 0.5) is 4.39 Å². The van der Waals surface area contributed by atoms with Crippen LogP contribution in [0, 0.1) is 12.7 Å². The maximum absolute atomic E-state index is 12.9. The lowest BCUT2D eigenvalue weighted by molar-refractivity contribution is 0.0701. The van der Waals surface area contributed by atoms with E-state index in [9.17, 15) is 23.6 Å². The molecule has 0 spiro atoms. The molecule has 7 nitrogen and oxygen atoms in total. The zero-order valence-corrected chi connectivity index (χ0v) is 14.4. The number of carbonyl (C=O) groups excluding carboxylic acids is 1. The predicted octanol–water partition coefficient (Wildman–Crippen LogP) is 1.94. The molecule has 0 aliphatic carbocycles. The second kappa shape index (κ2) is 6.68. The molecule has 0 atom stereocenters. The SMILES string of the molecule is Cc1c(=O)n(CCC(=O)c2ccc(F)cc2)c(=O)n2cc(C(=O)O)sc12. The van der Waals surface area contributed by atoms with Crippen LogP contribution in [0.2, 0.25) is 0 Å². The molecule has 3 aromatic rings. The highest BCUT2D eigenvalue weighted by molar-refractivity contribution is 7.19. The molecule has 0 amide bonds. The van der Waals surface area contributed by atoms with Gasteiger partial charge in [0.2, 0.25) is 0 Å². The predicted molar refractivity (Wildman–Crippen MR) is 92.8 cm³/mol. The van der Waals surface area contributed by atoms with E-state index in [4.69, 9.17) is 5.11 Å². The number of rotatable bonds is 5. The number of benzene rings is 1. The summed E-state index contributed by atoms with van der Waals surface area (Å²) in [6, 6.07) is 4.98. The van der Waals surface area contributed by atoms with Crippen LogP contribution in [0.1, 0.15) is 32.0 Å². The van der Waals surface area contributed by atoms with E-state index in [1.54, 1.807) is 0 Å². The number of carboxylic acids is 1. The van der Waals surface area contributed by atoms with E-state index in [0.717, 1.165) is 38.6 Å². The van der Waals surface area contributed by atoms with Crippen LogP contribution in [0.3, 0.4) is 0 Å². The molecular formula is C17H13FN2O5S. The topological polar surface area (TPSA) is 97.9 Å². The summed E-state index contributed by atoms with van der Waals surface area (Å²) >= 11 is 0.839. The van der Waals surface area contributed by atoms with E-state index in [1.807, 2.05) is 0 Å². The Morgan fingerprint density at radius 3 is 2.46 bits per heavy atom. The molecule has 26 heavy (non-hydrogen) atoms. The lowest BCUT2D eigenvalue weighted by Crippen LogP contribution is -2.38. The van der Waals surface area contributed by atoms with Crippen molar-refractivity contribution in [2.45, 2.75) is 19.9 Å². The number of nitrogens with zero attached hydrogens (tertiary/aromatic N) is 2. The molecule has 0 bridgehead atoms. The van der Waals surface area contributed by atoms with Crippen LogP contribution in [0.15, 0.2) is 40.1 Å². The molecule has 3 rings (SSSR count). The van der Waals surface area contributed by atoms with E-state index in [2.05, 4.69) is 0 Å². The lowest BCUT2D eigenvalue weighted by atomic mass is 10.1. The van der Waals surface area contributed by atoms with Crippen molar-refractivity contribution in [3.63, 3.8) is 0 Å². The number of carbonyl (C=O) groups is 2. The minimum Gasteiger partial charge on any atom is -0.477 e. The summed E-state index contributed by atoms with van der Waals surface area (Å²) < 4.78 is 14.9. The fraction of sp³-hybridized carbons (Fsp3) is 0.176. The third kappa shape index (κ3) is 3.08. The Labute approximate surface area is 149 Å². The average Bonchev–Trinajstić information content (AvgIpc) is 3.06. The largest absolute Gasteiger partial charge is 0.477 e. The number of fused-ring (bicyclic) bond motifs is 1. The molecule has 0 saturated heterocycles. The Morgan fingerprint density at radius 2 is 1.85 bits per heavy atom. The Balaban J connectivity index is 1.96. The molecule has 0 aliphatic heterocycles. The Bertz CT molecular complexity index is 1140. The summed E-state index contributed by atoms with van der Waals surface area (Å²) in [5, 5.41) is 9.07. The molecule has 0 aliphatic rings. The highest BCUT2D eigenvalue weighted by Gasteiger charge is 2.17. The van der Waals surface area contributed by atoms with Gasteiger partial charge in [-0.25, -0.2) is 14.0 Å². The van der Waals surface area contributed by atoms with Gasteiger partial charge >= 0.3 is 11.7 Å². The van der Waals surface area contributed by atoms with Gasteiger partial charge in [-0.3, -0.25) is 18.6 Å². The molecule has 1 N–H and O–H groups in total. The number of hydrogen-bond donors (Lipinski definition) is 1. The fourth-order valence-electron chi connectivity index (χ4n) is 2.56. The van der Waals surface area contributed by atoms with E-state index in [-0.39, 0.29) is 39.6 Å². The van der Waals surface area contributed by atoms with Crippen molar-refractivity contribution in [1.29, 1.82) is 0 Å². The van der Waals surface area contributed by atoms with E-state index >= 15 is 0 Å². The Hall–Kier alpha value is -3.07. The van der Waals surface area contributed by atoms with Crippen LogP contribution in [0.5, 0.6) is 0 Å². The summed E-state index contributed by atoms with van der Waals surface area (Å²) in [4.78, 5) is 48.4. The number of carboxylic acid groups (broad SMARTS) is 1. The molecule has 0 fully saturated rings. The number of thiazole rings is 1. The van der Waals surface area contributed by atoms with Crippen LogP contribution in [-0.4, -0.2) is 25.8 Å². The fourth-order valence-corrected chi connectivity index (χ4v) is 3.48. The van der Waals surface area contributed by atoms with Gasteiger partial charge in [0.1, 0.15) is 15.5 Å². The molecule has 0 radical (unpaired) electrons. The van der Waals surface area contributed by atoms with Crippen molar-refractivity contribution in [3.8, 4) is 0 Å². The van der Waals surface area contributed by atoms with Crippen LogP contribution in [-0.2, 0) is 6.54 Å². The first kappa shape index (κ1) is 17.7. The molecular weight excluding hydrogens is 363 g/mol. The third-order valence-corrected chi connectivity index (χ3v) is 5.13. The average molecular weight is 376 g/mol. The molecule has 134 valence electrons. The zero-order chi connectivity index (χ0) is 19.0. The number of aromatic nitrogens is 2. The maximum Gasteiger partial charge on any atom is 0.347 e. The number of Topliss-reactive ketones (excluding diaryl/α,β-unsaturated/α-hetero) is 1. The van der Waals surface area contributed by atoms with Gasteiger partial charge < -0.3 is 5.11 Å². The molecule has 2 aromatic heterocycles. The summed E-state index contributed by atoms with van der Waals surface area (Å²) in [6.07, 6.45) is 1.04. The van der Waals surface area contributed by atoms with Gasteiger partial charge in [0, 0.05) is 30.3 Å². The first-order valence-corrected chi connectivity index (χ1v) is 8.39. The number of hydrogen-bond acceptors (Lipinski definition) is 5. The number of ketones is 1. The molecule has 9 heteroatoms. The summed E-state index contributed by atoms with van der Waals surface area (Å²) in [7, 11) is 0. The van der Waals surface area contributed by atoms with Crippen molar-refractivity contribution in [3.05, 3.63) is 73.1 Å². The van der Waals surface area contributed by atoms with Crippen LogP contribution < -0.4 is 11.2 Å². The minimum absolute atomic E-state index is 0.0651. The molecule has 1 aromatic carbocycles. The molecule has 2 heterocycles. The summed E-state index contributed by atoms with van der Waals surface area (Å²) in [6.45, 7) is 1.34. The summed E-state index contributed by atoms with van der Waals surface area (Å²) in [5.74, 6) is -2.00. The Morgan fingerprint density at radius 1 is 1.19 bits per heavy atom. The third-order valence-electron chi connectivity index (χ3n) is 3.93. The van der Waals surface area contributed by atoms with Crippen molar-refractivity contribution >= 4 is 27.9 Å². The maximum atomic E-state index is 12.9. The van der Waals surface area contributed by atoms with Crippen molar-refractivity contribution < 1.29 is 19.1 Å². The van der Waals surface area contributed by atoms with E-state index < -0.39 is 23.0 Å². The normalized spacial score (nSPS) is 11.0. The standard InChI is InChI=1S/C17H13FN2O5S/c1-9-14(22)19(7-6-12(21)10-2-4-11(18)5-3-10)17(25)20-8-13(16(23)24)26-15(9)20/h2-5,8H,6-7H2,1H3,(H,23,24). The second-order valence-electron chi connectivity index (χ2n) is 5.62. The van der Waals surface area contributed by atoms with Gasteiger partial charge in [-0.15, -0.1) is 11.3 Å². The van der Waals surface area contributed by atoms with Gasteiger partial charge in [0.15, 0.2) is 5.78 Å². The Kier molecular flexibility index (Phi) is 4.56. The van der Waals surface area contributed by atoms with Crippen molar-refractivity contribution in [2.75, 3.05) is 0 Å². The smallest absolute Gasteiger partial charge is 0.347 e. The van der Waals surface area contributed by atoms with Gasteiger partial charge in [-0.1, -0.05) is 0 Å². The highest BCUT2D eigenvalue weighted by atomic mass is 32.1. The lowest BCUT2D eigenvalue weighted by Gasteiger charge is -2.07. The van der Waals surface area contributed by atoms with Gasteiger partial charge in [0.25, 0.3) is 5.56 Å².